The zero-order chi connectivity index (χ0) is 28.6. The van der Waals surface area contributed by atoms with Crippen molar-refractivity contribution in [2.24, 2.45) is 5.92 Å². The van der Waals surface area contributed by atoms with Gasteiger partial charge in [0.25, 0.3) is 0 Å². The lowest BCUT2D eigenvalue weighted by molar-refractivity contribution is -0.143. The third-order valence-electron chi connectivity index (χ3n) is 6.95. The number of unbranched alkanes of at least 4 members (excludes halogenated alkanes) is 2. The molecule has 0 saturated heterocycles. The van der Waals surface area contributed by atoms with Gasteiger partial charge in [0.15, 0.2) is 0 Å². The number of amides is 3. The van der Waals surface area contributed by atoms with E-state index in [1.807, 2.05) is 61.5 Å². The van der Waals surface area contributed by atoms with E-state index in [9.17, 15) is 14.4 Å². The number of carbonyl (C=O) groups is 3. The van der Waals surface area contributed by atoms with E-state index >= 15 is 0 Å². The van der Waals surface area contributed by atoms with Crippen LogP contribution in [0.15, 0.2) is 54.6 Å². The van der Waals surface area contributed by atoms with E-state index in [0.29, 0.717) is 6.54 Å². The van der Waals surface area contributed by atoms with E-state index in [1.165, 1.54) is 0 Å². The maximum absolute atomic E-state index is 14.4. The molecule has 2 aromatic rings. The standard InChI is InChI=1S/C32H45N3O4/c1-7-8-12-19-33-29(36)28(25-17-15-22(2)16-18-25)35(27-20-23(27)3)30(37)26(21-24-13-10-9-11-14-24)34-31(38)39-32(4,5)6/h9-11,13-18,23,26-28H,7-8,12,19-21H2,1-6H3,(H,33,36)(H,34,38). The Kier molecular flexibility index (Phi) is 10.6. The average molecular weight is 536 g/mol. The molecule has 0 aromatic heterocycles. The molecule has 0 heterocycles. The minimum Gasteiger partial charge on any atom is -0.444 e. The SMILES string of the molecule is CCCCCNC(=O)C(c1ccc(C)cc1)N(C(=O)C(Cc1ccccc1)NC(=O)OC(C)(C)C)C1CC1C. The van der Waals surface area contributed by atoms with Crippen molar-refractivity contribution in [1.29, 1.82) is 0 Å². The number of hydrogen-bond donors (Lipinski definition) is 2. The van der Waals surface area contributed by atoms with Crippen molar-refractivity contribution in [3.63, 3.8) is 0 Å². The Labute approximate surface area is 233 Å². The van der Waals surface area contributed by atoms with Gasteiger partial charge >= 0.3 is 6.09 Å². The molecule has 1 saturated carbocycles. The van der Waals surface area contributed by atoms with E-state index < -0.39 is 23.8 Å². The monoisotopic (exact) mass is 535 g/mol. The first-order valence-corrected chi connectivity index (χ1v) is 14.2. The van der Waals surface area contributed by atoms with Gasteiger partial charge in [-0.05, 0) is 57.6 Å². The predicted octanol–water partition coefficient (Wildman–Crippen LogP) is 5.72. The van der Waals surface area contributed by atoms with Gasteiger partial charge in [0, 0.05) is 19.0 Å². The molecule has 7 heteroatoms. The highest BCUT2D eigenvalue weighted by atomic mass is 16.6. The highest BCUT2D eigenvalue weighted by Crippen LogP contribution is 2.41. The van der Waals surface area contributed by atoms with Crippen molar-refractivity contribution in [3.05, 3.63) is 71.3 Å². The number of ether oxygens (including phenoxy) is 1. The Morgan fingerprint density at radius 1 is 1.03 bits per heavy atom. The van der Waals surface area contributed by atoms with Crippen LogP contribution in [0.5, 0.6) is 0 Å². The Balaban J connectivity index is 1.98. The molecule has 4 unspecified atom stereocenters. The molecule has 0 spiro atoms. The van der Waals surface area contributed by atoms with Crippen LogP contribution in [0.2, 0.25) is 0 Å². The smallest absolute Gasteiger partial charge is 0.408 e. The normalized spacial score (nSPS) is 18.0. The maximum Gasteiger partial charge on any atom is 0.408 e. The maximum atomic E-state index is 14.4. The Hall–Kier alpha value is -3.35. The van der Waals surface area contributed by atoms with Gasteiger partial charge < -0.3 is 20.3 Å². The number of rotatable bonds is 12. The summed E-state index contributed by atoms with van der Waals surface area (Å²) in [6, 6.07) is 15.6. The molecule has 212 valence electrons. The molecular weight excluding hydrogens is 490 g/mol. The van der Waals surface area contributed by atoms with E-state index in [0.717, 1.165) is 42.4 Å². The van der Waals surface area contributed by atoms with Gasteiger partial charge in [0.2, 0.25) is 11.8 Å². The number of nitrogens with zero attached hydrogens (tertiary/aromatic N) is 1. The molecule has 2 aromatic carbocycles. The van der Waals surface area contributed by atoms with Crippen LogP contribution in [0.25, 0.3) is 0 Å². The Morgan fingerprint density at radius 3 is 2.23 bits per heavy atom. The van der Waals surface area contributed by atoms with Crippen LogP contribution in [-0.4, -0.2) is 47.0 Å². The van der Waals surface area contributed by atoms with Crippen molar-refractivity contribution < 1.29 is 19.1 Å². The van der Waals surface area contributed by atoms with Crippen LogP contribution in [0, 0.1) is 12.8 Å². The molecule has 39 heavy (non-hydrogen) atoms. The average Bonchev–Trinajstić information content (AvgIpc) is 3.60. The molecule has 1 aliphatic carbocycles. The fourth-order valence-corrected chi connectivity index (χ4v) is 4.72. The molecule has 3 amide bonds. The minimum atomic E-state index is -0.893. The highest BCUT2D eigenvalue weighted by molar-refractivity contribution is 5.92. The molecule has 0 aliphatic heterocycles. The zero-order valence-electron chi connectivity index (χ0n) is 24.3. The number of carbonyl (C=O) groups excluding carboxylic acids is 3. The molecule has 1 fully saturated rings. The molecule has 2 N–H and O–H groups in total. The zero-order valence-corrected chi connectivity index (χ0v) is 24.3. The van der Waals surface area contributed by atoms with Crippen molar-refractivity contribution >= 4 is 17.9 Å². The summed E-state index contributed by atoms with van der Waals surface area (Å²) in [5.41, 5.74) is 2.04. The van der Waals surface area contributed by atoms with Gasteiger partial charge in [-0.1, -0.05) is 86.8 Å². The fraction of sp³-hybridized carbons (Fsp3) is 0.531. The quantitative estimate of drug-likeness (QED) is 0.341. The molecular formula is C32H45N3O4. The summed E-state index contributed by atoms with van der Waals surface area (Å²) in [6.07, 6.45) is 3.40. The molecule has 0 bridgehead atoms. The summed E-state index contributed by atoms with van der Waals surface area (Å²) >= 11 is 0. The predicted molar refractivity (Wildman–Crippen MR) is 154 cm³/mol. The van der Waals surface area contributed by atoms with Gasteiger partial charge in [-0.25, -0.2) is 4.79 Å². The van der Waals surface area contributed by atoms with E-state index in [-0.39, 0.29) is 30.2 Å². The number of alkyl carbamates (subject to hydrolysis) is 1. The van der Waals surface area contributed by atoms with Crippen LogP contribution < -0.4 is 10.6 Å². The number of hydrogen-bond acceptors (Lipinski definition) is 4. The van der Waals surface area contributed by atoms with Crippen LogP contribution in [-0.2, 0) is 20.7 Å². The van der Waals surface area contributed by atoms with Crippen molar-refractivity contribution in [1.82, 2.24) is 15.5 Å². The minimum absolute atomic E-state index is 0.0936. The lowest BCUT2D eigenvalue weighted by Crippen LogP contribution is -2.54. The van der Waals surface area contributed by atoms with Gasteiger partial charge in [-0.15, -0.1) is 0 Å². The lowest BCUT2D eigenvalue weighted by Gasteiger charge is -2.35. The first kappa shape index (κ1) is 30.2. The topological polar surface area (TPSA) is 87.7 Å². The van der Waals surface area contributed by atoms with E-state index in [4.69, 9.17) is 4.74 Å². The van der Waals surface area contributed by atoms with E-state index in [1.54, 1.807) is 25.7 Å². The van der Waals surface area contributed by atoms with Crippen molar-refractivity contribution in [3.8, 4) is 0 Å². The first-order valence-electron chi connectivity index (χ1n) is 14.2. The second-order valence-electron chi connectivity index (χ2n) is 11.7. The van der Waals surface area contributed by atoms with Crippen molar-refractivity contribution in [2.75, 3.05) is 6.54 Å². The van der Waals surface area contributed by atoms with Gasteiger partial charge in [0.05, 0.1) is 0 Å². The number of benzene rings is 2. The van der Waals surface area contributed by atoms with Crippen LogP contribution in [0.1, 0.15) is 83.0 Å². The molecule has 3 rings (SSSR count). The van der Waals surface area contributed by atoms with Crippen LogP contribution >= 0.6 is 0 Å². The first-order chi connectivity index (χ1) is 18.5. The summed E-state index contributed by atoms with van der Waals surface area (Å²) in [4.78, 5) is 42.7. The van der Waals surface area contributed by atoms with Gasteiger partial charge in [0.1, 0.15) is 17.7 Å². The number of nitrogens with one attached hydrogen (secondary N) is 2. The Morgan fingerprint density at radius 2 is 1.67 bits per heavy atom. The molecule has 4 atom stereocenters. The third kappa shape index (κ3) is 9.12. The van der Waals surface area contributed by atoms with Gasteiger partial charge in [-0.2, -0.15) is 0 Å². The summed E-state index contributed by atoms with van der Waals surface area (Å²) < 4.78 is 5.51. The van der Waals surface area contributed by atoms with Crippen LogP contribution in [0.3, 0.4) is 0 Å². The van der Waals surface area contributed by atoms with E-state index in [2.05, 4.69) is 24.5 Å². The summed E-state index contributed by atoms with van der Waals surface area (Å²) in [5, 5.41) is 5.91. The fourth-order valence-electron chi connectivity index (χ4n) is 4.72. The lowest BCUT2D eigenvalue weighted by atomic mass is 9.99. The van der Waals surface area contributed by atoms with Gasteiger partial charge in [-0.3, -0.25) is 9.59 Å². The van der Waals surface area contributed by atoms with Crippen molar-refractivity contribution in [2.45, 2.75) is 97.4 Å². The number of aryl methyl sites for hydroxylation is 1. The second kappa shape index (κ2) is 13.6. The summed E-state index contributed by atoms with van der Waals surface area (Å²) in [6.45, 7) is 12.1. The van der Waals surface area contributed by atoms with Crippen LogP contribution in [0.4, 0.5) is 4.79 Å². The largest absolute Gasteiger partial charge is 0.444 e. The highest BCUT2D eigenvalue weighted by Gasteiger charge is 2.48. The summed E-state index contributed by atoms with van der Waals surface area (Å²) in [5.74, 6) is -0.222. The Bertz CT molecular complexity index is 1090. The molecule has 7 nitrogen and oxygen atoms in total. The second-order valence-corrected chi connectivity index (χ2v) is 11.7. The molecule has 0 radical (unpaired) electrons. The third-order valence-corrected chi connectivity index (χ3v) is 6.95. The summed E-state index contributed by atoms with van der Waals surface area (Å²) in [7, 11) is 0. The molecule has 1 aliphatic rings.